The fourth-order valence-corrected chi connectivity index (χ4v) is 2.90. The van der Waals surface area contributed by atoms with Crippen molar-refractivity contribution in [1.29, 1.82) is 0 Å². The predicted molar refractivity (Wildman–Crippen MR) is 68.1 cm³/mol. The third kappa shape index (κ3) is 3.65. The van der Waals surface area contributed by atoms with E-state index < -0.39 is 0 Å². The summed E-state index contributed by atoms with van der Waals surface area (Å²) in [4.78, 5) is 4.74. The first kappa shape index (κ1) is 13.3. The van der Waals surface area contributed by atoms with E-state index >= 15 is 0 Å². The van der Waals surface area contributed by atoms with Gasteiger partial charge in [-0.05, 0) is 33.4 Å². The summed E-state index contributed by atoms with van der Waals surface area (Å²) in [5.74, 6) is 0.351. The Hall–Kier alpha value is -0.160. The zero-order valence-corrected chi connectivity index (χ0v) is 11.1. The van der Waals surface area contributed by atoms with Crippen molar-refractivity contribution in [3.63, 3.8) is 0 Å². The van der Waals surface area contributed by atoms with E-state index in [1.807, 2.05) is 0 Å². The molecule has 2 aliphatic heterocycles. The van der Waals surface area contributed by atoms with Crippen LogP contribution in [-0.4, -0.2) is 74.0 Å². The molecule has 2 heterocycles. The van der Waals surface area contributed by atoms with Crippen molar-refractivity contribution in [3.8, 4) is 0 Å². The molecule has 0 aromatic heterocycles. The highest BCUT2D eigenvalue weighted by atomic mass is 16.5. The molecular weight excluding hydrogens is 216 g/mol. The quantitative estimate of drug-likeness (QED) is 0.777. The van der Waals surface area contributed by atoms with Crippen LogP contribution in [0.3, 0.4) is 0 Å². The second-order valence-electron chi connectivity index (χ2n) is 5.68. The molecule has 2 aliphatic rings. The van der Waals surface area contributed by atoms with E-state index in [1.54, 1.807) is 0 Å². The van der Waals surface area contributed by atoms with Crippen LogP contribution in [0.25, 0.3) is 0 Å². The van der Waals surface area contributed by atoms with E-state index in [9.17, 15) is 5.11 Å². The lowest BCUT2D eigenvalue weighted by Gasteiger charge is -2.40. The Kier molecular flexibility index (Phi) is 4.79. The molecule has 100 valence electrons. The van der Waals surface area contributed by atoms with Gasteiger partial charge in [0.05, 0.1) is 12.7 Å². The summed E-state index contributed by atoms with van der Waals surface area (Å²) in [5.41, 5.74) is 0. The Bertz CT molecular complexity index is 231. The van der Waals surface area contributed by atoms with Gasteiger partial charge in [-0.1, -0.05) is 0 Å². The van der Waals surface area contributed by atoms with Gasteiger partial charge in [0.25, 0.3) is 0 Å². The van der Waals surface area contributed by atoms with Gasteiger partial charge in [0, 0.05) is 38.2 Å². The minimum absolute atomic E-state index is 0.200. The number of nitrogens with zero attached hydrogens (tertiary/aromatic N) is 2. The van der Waals surface area contributed by atoms with Gasteiger partial charge in [0.2, 0.25) is 0 Å². The van der Waals surface area contributed by atoms with Crippen molar-refractivity contribution in [2.45, 2.75) is 31.4 Å². The molecule has 0 amide bonds. The van der Waals surface area contributed by atoms with Crippen LogP contribution in [0.5, 0.6) is 0 Å². The van der Waals surface area contributed by atoms with Gasteiger partial charge in [-0.15, -0.1) is 0 Å². The number of aliphatic hydroxyl groups excluding tert-OH is 1. The molecule has 0 aromatic rings. The summed E-state index contributed by atoms with van der Waals surface area (Å²) in [6.45, 7) is 4.93. The molecule has 2 saturated heterocycles. The molecule has 4 heteroatoms. The molecule has 0 saturated carbocycles. The molecule has 0 bridgehead atoms. The van der Waals surface area contributed by atoms with Gasteiger partial charge in [0.15, 0.2) is 0 Å². The molecule has 3 unspecified atom stereocenters. The van der Waals surface area contributed by atoms with Crippen LogP contribution in [0.2, 0.25) is 0 Å². The molecule has 0 spiro atoms. The number of hydrogen-bond donors (Lipinski definition) is 1. The smallest absolute Gasteiger partial charge is 0.0605 e. The van der Waals surface area contributed by atoms with Crippen LogP contribution in [0, 0.1) is 5.92 Å². The van der Waals surface area contributed by atoms with Crippen LogP contribution in [0.15, 0.2) is 0 Å². The molecule has 0 aromatic carbocycles. The number of piperazine rings is 1. The Balaban J connectivity index is 1.81. The summed E-state index contributed by atoms with van der Waals surface area (Å²) < 4.78 is 5.46. The largest absolute Gasteiger partial charge is 0.393 e. The molecule has 3 atom stereocenters. The first-order valence-electron chi connectivity index (χ1n) is 6.81. The highest BCUT2D eigenvalue weighted by Gasteiger charge is 2.29. The van der Waals surface area contributed by atoms with Gasteiger partial charge >= 0.3 is 0 Å². The van der Waals surface area contributed by atoms with Crippen molar-refractivity contribution in [2.75, 3.05) is 46.9 Å². The zero-order chi connectivity index (χ0) is 12.3. The van der Waals surface area contributed by atoms with Crippen LogP contribution in [-0.2, 0) is 4.74 Å². The highest BCUT2D eigenvalue weighted by Crippen LogP contribution is 2.22. The standard InChI is InChI=1S/C13H26N2O2/c1-14-5-6-15(2)12(9-14)8-13(16)11-4-3-7-17-10-11/h11-13,16H,3-10H2,1-2H3. The fraction of sp³-hybridized carbons (Fsp3) is 1.00. The average molecular weight is 242 g/mol. The van der Waals surface area contributed by atoms with E-state index in [0.717, 1.165) is 52.1 Å². The summed E-state index contributed by atoms with van der Waals surface area (Å²) >= 11 is 0. The predicted octanol–water partition coefficient (Wildman–Crippen LogP) is 0.410. The Morgan fingerprint density at radius 2 is 2.18 bits per heavy atom. The third-order valence-corrected chi connectivity index (χ3v) is 4.23. The lowest BCUT2D eigenvalue weighted by Crippen LogP contribution is -2.51. The van der Waals surface area contributed by atoms with Crippen molar-refractivity contribution >= 4 is 0 Å². The van der Waals surface area contributed by atoms with Gasteiger partial charge in [-0.25, -0.2) is 0 Å². The van der Waals surface area contributed by atoms with Crippen LogP contribution in [0.1, 0.15) is 19.3 Å². The van der Waals surface area contributed by atoms with Gasteiger partial charge in [-0.2, -0.15) is 0 Å². The first-order chi connectivity index (χ1) is 8.16. The van der Waals surface area contributed by atoms with Gasteiger partial charge in [-0.3, -0.25) is 0 Å². The highest BCUT2D eigenvalue weighted by molar-refractivity contribution is 4.83. The summed E-state index contributed by atoms with van der Waals surface area (Å²) in [6.07, 6.45) is 2.90. The van der Waals surface area contributed by atoms with Crippen molar-refractivity contribution in [2.24, 2.45) is 5.92 Å². The van der Waals surface area contributed by atoms with Crippen molar-refractivity contribution in [3.05, 3.63) is 0 Å². The maximum atomic E-state index is 10.3. The maximum absolute atomic E-state index is 10.3. The second kappa shape index (κ2) is 6.14. The fourth-order valence-electron chi connectivity index (χ4n) is 2.90. The van der Waals surface area contributed by atoms with Crippen molar-refractivity contribution < 1.29 is 9.84 Å². The molecule has 0 radical (unpaired) electrons. The van der Waals surface area contributed by atoms with Crippen LogP contribution in [0.4, 0.5) is 0 Å². The van der Waals surface area contributed by atoms with E-state index in [-0.39, 0.29) is 6.10 Å². The van der Waals surface area contributed by atoms with Crippen LogP contribution >= 0.6 is 0 Å². The Labute approximate surface area is 105 Å². The molecule has 2 fully saturated rings. The lowest BCUT2D eigenvalue weighted by molar-refractivity contribution is -0.0271. The number of ether oxygens (including phenoxy) is 1. The van der Waals surface area contributed by atoms with E-state index in [1.165, 1.54) is 0 Å². The summed E-state index contributed by atoms with van der Waals surface area (Å²) in [5, 5.41) is 10.3. The zero-order valence-electron chi connectivity index (χ0n) is 11.1. The topological polar surface area (TPSA) is 35.9 Å². The number of hydrogen-bond acceptors (Lipinski definition) is 4. The number of likely N-dealkylation sites (N-methyl/N-ethyl adjacent to an activating group) is 2. The summed E-state index contributed by atoms with van der Waals surface area (Å²) in [7, 11) is 4.33. The van der Waals surface area contributed by atoms with Gasteiger partial charge < -0.3 is 19.6 Å². The molecule has 2 rings (SSSR count). The summed E-state index contributed by atoms with van der Waals surface area (Å²) in [6, 6.07) is 0.491. The normalized spacial score (nSPS) is 34.8. The second-order valence-corrected chi connectivity index (χ2v) is 5.68. The minimum Gasteiger partial charge on any atom is -0.393 e. The minimum atomic E-state index is -0.200. The lowest BCUT2D eigenvalue weighted by atomic mass is 9.91. The number of aliphatic hydroxyl groups is 1. The van der Waals surface area contributed by atoms with E-state index in [2.05, 4.69) is 23.9 Å². The molecule has 1 N–H and O–H groups in total. The van der Waals surface area contributed by atoms with Crippen molar-refractivity contribution in [1.82, 2.24) is 9.80 Å². The van der Waals surface area contributed by atoms with E-state index in [0.29, 0.717) is 12.0 Å². The number of rotatable bonds is 3. The molecular formula is C13H26N2O2. The maximum Gasteiger partial charge on any atom is 0.0605 e. The van der Waals surface area contributed by atoms with Gasteiger partial charge in [0.1, 0.15) is 0 Å². The monoisotopic (exact) mass is 242 g/mol. The SMILES string of the molecule is CN1CCN(C)C(CC(O)C2CCCOC2)C1. The third-order valence-electron chi connectivity index (χ3n) is 4.23. The van der Waals surface area contributed by atoms with E-state index in [4.69, 9.17) is 4.74 Å². The molecule has 0 aliphatic carbocycles. The molecule has 4 nitrogen and oxygen atoms in total. The Morgan fingerprint density at radius 3 is 2.88 bits per heavy atom. The average Bonchev–Trinajstić information content (AvgIpc) is 2.35. The molecule has 17 heavy (non-hydrogen) atoms. The van der Waals surface area contributed by atoms with Crippen LogP contribution < -0.4 is 0 Å². The first-order valence-corrected chi connectivity index (χ1v) is 6.81. The Morgan fingerprint density at radius 1 is 1.35 bits per heavy atom.